The van der Waals surface area contributed by atoms with Crippen LogP contribution in [0.15, 0.2) is 53.0 Å². The zero-order chi connectivity index (χ0) is 24.4. The molecule has 1 amide bonds. The van der Waals surface area contributed by atoms with Crippen molar-refractivity contribution in [2.24, 2.45) is 23.5 Å². The summed E-state index contributed by atoms with van der Waals surface area (Å²) in [5.41, 5.74) is 9.01. The highest BCUT2D eigenvalue weighted by molar-refractivity contribution is 6.14. The lowest BCUT2D eigenvalue weighted by atomic mass is 9.62. The van der Waals surface area contributed by atoms with E-state index in [1.54, 1.807) is 6.07 Å². The van der Waals surface area contributed by atoms with Gasteiger partial charge in [0.25, 0.3) is 0 Å². The number of rotatable bonds is 3. The molecule has 8 heteroatoms. The topological polar surface area (TPSA) is 128 Å². The molecule has 0 saturated carbocycles. The van der Waals surface area contributed by atoms with Gasteiger partial charge in [-0.2, -0.15) is 0 Å². The Kier molecular flexibility index (Phi) is 4.81. The Labute approximate surface area is 201 Å². The molecule has 3 atom stereocenters. The molecular formula is C27H25NO7. The van der Waals surface area contributed by atoms with Crippen molar-refractivity contribution in [2.75, 3.05) is 13.9 Å². The molecule has 3 unspecified atom stereocenters. The first-order chi connectivity index (χ1) is 16.9. The van der Waals surface area contributed by atoms with E-state index >= 15 is 0 Å². The van der Waals surface area contributed by atoms with E-state index in [4.69, 9.17) is 19.9 Å². The molecule has 8 nitrogen and oxygen atoms in total. The van der Waals surface area contributed by atoms with Gasteiger partial charge < -0.3 is 30.2 Å². The summed E-state index contributed by atoms with van der Waals surface area (Å²) in [7, 11) is 1.52. The summed E-state index contributed by atoms with van der Waals surface area (Å²) in [6.45, 7) is 0.169. The number of aliphatic hydroxyl groups is 1. The molecule has 2 aromatic rings. The molecule has 35 heavy (non-hydrogen) atoms. The lowest BCUT2D eigenvalue weighted by Gasteiger charge is -2.43. The molecule has 0 aromatic heterocycles. The Hall–Kier alpha value is -3.94. The molecule has 3 aliphatic carbocycles. The van der Waals surface area contributed by atoms with Crippen LogP contribution in [0.4, 0.5) is 0 Å². The quantitative estimate of drug-likeness (QED) is 0.616. The summed E-state index contributed by atoms with van der Waals surface area (Å²) in [6, 6.07) is 9.02. The molecule has 0 saturated heterocycles. The van der Waals surface area contributed by atoms with Crippen molar-refractivity contribution in [3.8, 4) is 28.4 Å². The third-order valence-corrected chi connectivity index (χ3v) is 7.81. The normalized spacial score (nSPS) is 24.6. The number of nitrogens with two attached hydrogens (primary N) is 1. The SMILES string of the molecule is COC1=C2C(=O)c3c(O)ccc(-c4ccc5c(c4)OCO5)c3CC2CC2CC(O)=C(C(N)=O)CC12. The maximum Gasteiger partial charge on any atom is 0.248 e. The van der Waals surface area contributed by atoms with Gasteiger partial charge in [-0.25, -0.2) is 0 Å². The molecule has 1 heterocycles. The molecule has 0 spiro atoms. The minimum atomic E-state index is -0.658. The Morgan fingerprint density at radius 2 is 1.89 bits per heavy atom. The first kappa shape index (κ1) is 21.6. The van der Waals surface area contributed by atoms with Crippen LogP contribution >= 0.6 is 0 Å². The fourth-order valence-corrected chi connectivity index (χ4v) is 6.26. The van der Waals surface area contributed by atoms with Gasteiger partial charge in [-0.1, -0.05) is 12.1 Å². The third kappa shape index (κ3) is 3.20. The highest BCUT2D eigenvalue weighted by Crippen LogP contribution is 2.52. The second-order valence-electron chi connectivity index (χ2n) is 9.57. The number of ether oxygens (including phenoxy) is 3. The van der Waals surface area contributed by atoms with E-state index in [1.807, 2.05) is 24.3 Å². The van der Waals surface area contributed by atoms with Gasteiger partial charge >= 0.3 is 0 Å². The van der Waals surface area contributed by atoms with Crippen molar-refractivity contribution in [3.63, 3.8) is 0 Å². The molecule has 6 rings (SSSR count). The fourth-order valence-electron chi connectivity index (χ4n) is 6.26. The average Bonchev–Trinajstić information content (AvgIpc) is 3.30. The van der Waals surface area contributed by atoms with Gasteiger partial charge in [0.15, 0.2) is 17.3 Å². The van der Waals surface area contributed by atoms with Crippen LogP contribution in [0.1, 0.15) is 35.2 Å². The summed E-state index contributed by atoms with van der Waals surface area (Å²) >= 11 is 0. The third-order valence-electron chi connectivity index (χ3n) is 7.81. The number of phenolic OH excluding ortho intramolecular Hbond substituents is 1. The zero-order valence-corrected chi connectivity index (χ0v) is 19.2. The zero-order valence-electron chi connectivity index (χ0n) is 19.2. The fraction of sp³-hybridized carbons (Fsp3) is 0.333. The number of fused-ring (bicyclic) bond motifs is 4. The van der Waals surface area contributed by atoms with Crippen LogP contribution < -0.4 is 15.2 Å². The van der Waals surface area contributed by atoms with Crippen LogP contribution in [0.3, 0.4) is 0 Å². The predicted octanol–water partition coefficient (Wildman–Crippen LogP) is 3.77. The van der Waals surface area contributed by atoms with Crippen LogP contribution in [0.2, 0.25) is 0 Å². The summed E-state index contributed by atoms with van der Waals surface area (Å²) in [5, 5.41) is 21.2. The number of ketones is 1. The highest BCUT2D eigenvalue weighted by atomic mass is 16.7. The van der Waals surface area contributed by atoms with Crippen molar-refractivity contribution in [1.82, 2.24) is 0 Å². The molecular weight excluding hydrogens is 450 g/mol. The van der Waals surface area contributed by atoms with Gasteiger partial charge in [0, 0.05) is 17.9 Å². The Balaban J connectivity index is 1.47. The summed E-state index contributed by atoms with van der Waals surface area (Å²) in [4.78, 5) is 25.7. The summed E-state index contributed by atoms with van der Waals surface area (Å²) < 4.78 is 16.7. The van der Waals surface area contributed by atoms with Crippen LogP contribution in [-0.4, -0.2) is 35.8 Å². The minimum Gasteiger partial charge on any atom is -0.512 e. The lowest BCUT2D eigenvalue weighted by Crippen LogP contribution is -2.39. The molecule has 0 fully saturated rings. The van der Waals surface area contributed by atoms with E-state index in [0.717, 1.165) is 16.7 Å². The van der Waals surface area contributed by atoms with E-state index in [2.05, 4.69) is 0 Å². The number of allylic oxidation sites excluding steroid dienone is 3. The number of primary amides is 1. The van der Waals surface area contributed by atoms with Crippen LogP contribution in [0.25, 0.3) is 11.1 Å². The van der Waals surface area contributed by atoms with E-state index in [1.165, 1.54) is 7.11 Å². The number of Topliss-reactive ketones (excluding diaryl/α,β-unsaturated/α-hetero) is 1. The number of hydrogen-bond donors (Lipinski definition) is 3. The van der Waals surface area contributed by atoms with Crippen molar-refractivity contribution >= 4 is 11.7 Å². The number of methoxy groups -OCH3 is 1. The number of amides is 1. The van der Waals surface area contributed by atoms with Crippen LogP contribution in [0, 0.1) is 17.8 Å². The molecule has 4 N–H and O–H groups in total. The lowest BCUT2D eigenvalue weighted by molar-refractivity contribution is -0.115. The van der Waals surface area contributed by atoms with Crippen molar-refractivity contribution in [3.05, 3.63) is 64.1 Å². The molecule has 0 bridgehead atoms. The number of benzene rings is 2. The monoisotopic (exact) mass is 475 g/mol. The summed E-state index contributed by atoms with van der Waals surface area (Å²) in [6.07, 6.45) is 1.74. The number of carbonyl (C=O) groups excluding carboxylic acids is 2. The van der Waals surface area contributed by atoms with Gasteiger partial charge in [-0.15, -0.1) is 0 Å². The molecule has 1 aliphatic heterocycles. The smallest absolute Gasteiger partial charge is 0.248 e. The maximum absolute atomic E-state index is 13.9. The molecule has 2 aromatic carbocycles. The maximum atomic E-state index is 13.9. The van der Waals surface area contributed by atoms with E-state index in [-0.39, 0.29) is 59.4 Å². The van der Waals surface area contributed by atoms with Gasteiger partial charge in [0.05, 0.1) is 18.2 Å². The van der Waals surface area contributed by atoms with Crippen molar-refractivity contribution in [1.29, 1.82) is 0 Å². The van der Waals surface area contributed by atoms with Crippen molar-refractivity contribution in [2.45, 2.75) is 25.7 Å². The number of hydrogen-bond acceptors (Lipinski definition) is 7. The molecule has 180 valence electrons. The summed E-state index contributed by atoms with van der Waals surface area (Å²) in [5.74, 6) is 0.536. The standard InChI is InChI=1S/C27H25NO7/c1-33-26-16-10-18(27(28)32)20(30)8-13(16)6-14-7-17-15(3-4-19(29)24(17)25(31)23(14)26)12-2-5-21-22(9-12)35-11-34-21/h2-5,9,13-14,16,29-30H,6-8,10-11H2,1H3,(H2,28,32). The van der Waals surface area contributed by atoms with Gasteiger partial charge in [-0.05, 0) is 66.0 Å². The second kappa shape index (κ2) is 7.80. The Morgan fingerprint density at radius 3 is 2.66 bits per heavy atom. The van der Waals surface area contributed by atoms with Crippen LogP contribution in [-0.2, 0) is 16.0 Å². The van der Waals surface area contributed by atoms with Crippen molar-refractivity contribution < 1.29 is 34.0 Å². The predicted molar refractivity (Wildman–Crippen MR) is 125 cm³/mol. The number of aromatic hydroxyl groups is 1. The Morgan fingerprint density at radius 1 is 1.09 bits per heavy atom. The van der Waals surface area contributed by atoms with E-state index in [9.17, 15) is 19.8 Å². The number of carbonyl (C=O) groups is 2. The van der Waals surface area contributed by atoms with E-state index in [0.29, 0.717) is 42.1 Å². The number of phenols is 1. The first-order valence-electron chi connectivity index (χ1n) is 11.7. The van der Waals surface area contributed by atoms with Gasteiger partial charge in [0.1, 0.15) is 17.3 Å². The average molecular weight is 475 g/mol. The number of aliphatic hydroxyl groups excluding tert-OH is 1. The van der Waals surface area contributed by atoms with Gasteiger partial charge in [0.2, 0.25) is 12.7 Å². The molecule has 0 radical (unpaired) electrons. The largest absolute Gasteiger partial charge is 0.512 e. The van der Waals surface area contributed by atoms with Gasteiger partial charge in [-0.3, -0.25) is 9.59 Å². The Bertz CT molecular complexity index is 1360. The minimum absolute atomic E-state index is 0.0162. The second-order valence-corrected chi connectivity index (χ2v) is 9.57. The highest BCUT2D eigenvalue weighted by Gasteiger charge is 2.47. The van der Waals surface area contributed by atoms with Crippen LogP contribution in [0.5, 0.6) is 17.2 Å². The van der Waals surface area contributed by atoms with E-state index < -0.39 is 5.91 Å². The first-order valence-corrected chi connectivity index (χ1v) is 11.7. The molecule has 4 aliphatic rings.